The SMILES string of the molecule is O=C(CN1C(=O)/C(=C2\SC(=S)N(Cc3ccc(F)cc3)C2=O)c2ccccc21)Nc1ccc(Cl)cc1. The van der Waals surface area contributed by atoms with Gasteiger partial charge in [0.25, 0.3) is 11.8 Å². The van der Waals surface area contributed by atoms with Crippen LogP contribution in [0.5, 0.6) is 0 Å². The molecule has 0 atom stereocenters. The number of nitrogens with one attached hydrogen (secondary N) is 1. The van der Waals surface area contributed by atoms with Gasteiger partial charge in [-0.3, -0.25) is 24.2 Å². The molecule has 0 radical (unpaired) electrons. The average Bonchev–Trinajstić information content (AvgIpc) is 3.29. The number of fused-ring (bicyclic) bond motifs is 1. The lowest BCUT2D eigenvalue weighted by molar-refractivity contribution is -0.122. The number of para-hydroxylation sites is 1. The second-order valence-electron chi connectivity index (χ2n) is 8.05. The summed E-state index contributed by atoms with van der Waals surface area (Å²) < 4.78 is 13.6. The Bertz CT molecular complexity index is 1440. The molecule has 2 aliphatic heterocycles. The molecule has 180 valence electrons. The molecule has 0 aromatic heterocycles. The summed E-state index contributed by atoms with van der Waals surface area (Å²) in [5, 5.41) is 3.29. The highest BCUT2D eigenvalue weighted by Gasteiger charge is 2.42. The van der Waals surface area contributed by atoms with Gasteiger partial charge in [0.05, 0.1) is 22.7 Å². The van der Waals surface area contributed by atoms with Crippen molar-refractivity contribution < 1.29 is 18.8 Å². The molecule has 2 heterocycles. The number of halogens is 2. The Morgan fingerprint density at radius 2 is 1.64 bits per heavy atom. The molecule has 10 heteroatoms. The second kappa shape index (κ2) is 9.85. The lowest BCUT2D eigenvalue weighted by Crippen LogP contribution is -2.35. The number of hydrogen-bond donors (Lipinski definition) is 1. The van der Waals surface area contributed by atoms with Crippen LogP contribution in [0.1, 0.15) is 11.1 Å². The molecule has 3 aromatic rings. The number of hydrogen-bond acceptors (Lipinski definition) is 5. The van der Waals surface area contributed by atoms with E-state index in [1.54, 1.807) is 60.7 Å². The number of thioether (sulfide) groups is 1. The summed E-state index contributed by atoms with van der Waals surface area (Å²) in [5.41, 5.74) is 2.56. The maximum Gasteiger partial charge on any atom is 0.267 e. The molecule has 2 aliphatic rings. The lowest BCUT2D eigenvalue weighted by atomic mass is 10.1. The van der Waals surface area contributed by atoms with E-state index in [-0.39, 0.29) is 29.4 Å². The topological polar surface area (TPSA) is 69.7 Å². The molecule has 1 saturated heterocycles. The van der Waals surface area contributed by atoms with Gasteiger partial charge >= 0.3 is 0 Å². The van der Waals surface area contributed by atoms with E-state index in [1.165, 1.54) is 21.9 Å². The summed E-state index contributed by atoms with van der Waals surface area (Å²) in [6.45, 7) is -0.0807. The number of amides is 3. The summed E-state index contributed by atoms with van der Waals surface area (Å²) in [6, 6.07) is 19.4. The van der Waals surface area contributed by atoms with Gasteiger partial charge in [0, 0.05) is 16.3 Å². The van der Waals surface area contributed by atoms with E-state index in [4.69, 9.17) is 23.8 Å². The molecular formula is C26H17ClFN3O3S2. The lowest BCUT2D eigenvalue weighted by Gasteiger charge is -2.17. The molecule has 0 bridgehead atoms. The zero-order valence-electron chi connectivity index (χ0n) is 18.5. The first kappa shape index (κ1) is 24.2. The molecule has 0 aliphatic carbocycles. The van der Waals surface area contributed by atoms with Gasteiger partial charge in [-0.25, -0.2) is 4.39 Å². The standard InChI is InChI=1S/C26H17ClFN3O3S2/c27-16-7-11-18(12-8-16)29-21(32)14-30-20-4-2-1-3-19(20)22(24(30)33)23-25(34)31(26(35)36-23)13-15-5-9-17(28)10-6-15/h1-12H,13-14H2,(H,29,32)/b23-22-. The van der Waals surface area contributed by atoms with Crippen molar-refractivity contribution in [3.05, 3.63) is 99.7 Å². The Balaban J connectivity index is 1.42. The first-order chi connectivity index (χ1) is 17.3. The van der Waals surface area contributed by atoms with Crippen LogP contribution in [0, 0.1) is 5.82 Å². The monoisotopic (exact) mass is 537 g/mol. The fourth-order valence-corrected chi connectivity index (χ4v) is 5.44. The highest BCUT2D eigenvalue weighted by Crippen LogP contribution is 2.44. The number of rotatable bonds is 5. The molecule has 3 amide bonds. The first-order valence-electron chi connectivity index (χ1n) is 10.8. The van der Waals surface area contributed by atoms with Crippen LogP contribution in [0.15, 0.2) is 77.7 Å². The van der Waals surface area contributed by atoms with E-state index >= 15 is 0 Å². The molecule has 0 saturated carbocycles. The Hall–Kier alpha value is -3.53. The van der Waals surface area contributed by atoms with Crippen molar-refractivity contribution in [2.45, 2.75) is 6.54 Å². The van der Waals surface area contributed by atoms with Crippen LogP contribution in [0.4, 0.5) is 15.8 Å². The number of thiocarbonyl (C=S) groups is 1. The molecule has 36 heavy (non-hydrogen) atoms. The Morgan fingerprint density at radius 1 is 0.944 bits per heavy atom. The van der Waals surface area contributed by atoms with Crippen LogP contribution in [0.25, 0.3) is 5.57 Å². The van der Waals surface area contributed by atoms with E-state index in [1.807, 2.05) is 0 Å². The number of carbonyl (C=O) groups excluding carboxylic acids is 3. The van der Waals surface area contributed by atoms with Crippen LogP contribution in [0.3, 0.4) is 0 Å². The van der Waals surface area contributed by atoms with Crippen molar-refractivity contribution in [1.82, 2.24) is 4.90 Å². The number of carbonyl (C=O) groups is 3. The van der Waals surface area contributed by atoms with E-state index < -0.39 is 17.7 Å². The molecule has 5 rings (SSSR count). The predicted molar refractivity (Wildman–Crippen MR) is 143 cm³/mol. The molecule has 1 fully saturated rings. The maximum absolute atomic E-state index is 13.5. The molecular weight excluding hydrogens is 521 g/mol. The summed E-state index contributed by atoms with van der Waals surface area (Å²) >= 11 is 12.4. The minimum absolute atomic E-state index is 0.158. The van der Waals surface area contributed by atoms with Gasteiger partial charge in [0.2, 0.25) is 5.91 Å². The summed E-state index contributed by atoms with van der Waals surface area (Å²) in [4.78, 5) is 42.6. The minimum Gasteiger partial charge on any atom is -0.325 e. The molecule has 1 N–H and O–H groups in total. The normalized spacial score (nSPS) is 17.1. The average molecular weight is 538 g/mol. The van der Waals surface area contributed by atoms with Crippen LogP contribution in [0.2, 0.25) is 5.02 Å². The van der Waals surface area contributed by atoms with Gasteiger partial charge in [0.15, 0.2) is 0 Å². The smallest absolute Gasteiger partial charge is 0.267 e. The fourth-order valence-electron chi connectivity index (χ4n) is 3.99. The number of benzene rings is 3. The van der Waals surface area contributed by atoms with Crippen molar-refractivity contribution in [3.63, 3.8) is 0 Å². The van der Waals surface area contributed by atoms with Gasteiger partial charge < -0.3 is 5.32 Å². The quantitative estimate of drug-likeness (QED) is 0.356. The fraction of sp³-hybridized carbons (Fsp3) is 0.0769. The van der Waals surface area contributed by atoms with Crippen molar-refractivity contribution in [3.8, 4) is 0 Å². The Kier molecular flexibility index (Phi) is 6.61. The third kappa shape index (κ3) is 4.65. The largest absolute Gasteiger partial charge is 0.325 e. The van der Waals surface area contributed by atoms with Gasteiger partial charge in [0.1, 0.15) is 16.7 Å². The molecule has 6 nitrogen and oxygen atoms in total. The van der Waals surface area contributed by atoms with Crippen molar-refractivity contribution in [2.24, 2.45) is 0 Å². The number of anilines is 2. The van der Waals surface area contributed by atoms with Gasteiger partial charge in [-0.2, -0.15) is 0 Å². The van der Waals surface area contributed by atoms with E-state index in [2.05, 4.69) is 5.32 Å². The summed E-state index contributed by atoms with van der Waals surface area (Å²) in [7, 11) is 0. The van der Waals surface area contributed by atoms with Gasteiger partial charge in [-0.1, -0.05) is 65.9 Å². The predicted octanol–water partition coefficient (Wildman–Crippen LogP) is 5.24. The summed E-state index contributed by atoms with van der Waals surface area (Å²) in [6.07, 6.45) is 0. The van der Waals surface area contributed by atoms with Crippen LogP contribution >= 0.6 is 35.6 Å². The Morgan fingerprint density at radius 3 is 2.36 bits per heavy atom. The Labute approximate surface area is 220 Å². The highest BCUT2D eigenvalue weighted by molar-refractivity contribution is 8.26. The van der Waals surface area contributed by atoms with Crippen molar-refractivity contribution >= 4 is 74.6 Å². The molecule has 0 unspecified atom stereocenters. The van der Waals surface area contributed by atoms with Crippen LogP contribution < -0.4 is 10.2 Å². The highest BCUT2D eigenvalue weighted by atomic mass is 35.5. The van der Waals surface area contributed by atoms with E-state index in [9.17, 15) is 18.8 Å². The zero-order valence-corrected chi connectivity index (χ0v) is 20.9. The molecule has 0 spiro atoms. The number of nitrogens with zero attached hydrogens (tertiary/aromatic N) is 2. The minimum atomic E-state index is -0.454. The summed E-state index contributed by atoms with van der Waals surface area (Å²) in [5.74, 6) is -1.63. The second-order valence-corrected chi connectivity index (χ2v) is 10.1. The van der Waals surface area contributed by atoms with Gasteiger partial charge in [-0.05, 0) is 48.0 Å². The van der Waals surface area contributed by atoms with Crippen LogP contribution in [-0.4, -0.2) is 33.5 Å². The van der Waals surface area contributed by atoms with Crippen LogP contribution in [-0.2, 0) is 20.9 Å². The zero-order chi connectivity index (χ0) is 25.4. The van der Waals surface area contributed by atoms with Crippen molar-refractivity contribution in [2.75, 3.05) is 16.8 Å². The first-order valence-corrected chi connectivity index (χ1v) is 12.4. The van der Waals surface area contributed by atoms with Crippen molar-refractivity contribution in [1.29, 1.82) is 0 Å². The third-order valence-corrected chi connectivity index (χ3v) is 7.38. The molecule has 3 aromatic carbocycles. The van der Waals surface area contributed by atoms with Gasteiger partial charge in [-0.15, -0.1) is 0 Å². The van der Waals surface area contributed by atoms with E-state index in [0.717, 1.165) is 11.8 Å². The maximum atomic E-state index is 13.5. The third-order valence-electron chi connectivity index (χ3n) is 5.68. The van der Waals surface area contributed by atoms with E-state index in [0.29, 0.717) is 31.8 Å².